The van der Waals surface area contributed by atoms with Crippen LogP contribution in [0.2, 0.25) is 0 Å². The van der Waals surface area contributed by atoms with Crippen LogP contribution >= 0.6 is 0 Å². The Balaban J connectivity index is 1.31. The Morgan fingerprint density at radius 3 is 2.97 bits per heavy atom. The number of anilines is 1. The van der Waals surface area contributed by atoms with Crippen LogP contribution in [-0.2, 0) is 6.61 Å². The molecule has 0 spiro atoms. The smallest absolute Gasteiger partial charge is 0.255 e. The Labute approximate surface area is 166 Å². The lowest BCUT2D eigenvalue weighted by Gasteiger charge is -2.08. The molecule has 0 aliphatic rings. The first kappa shape index (κ1) is 17.0. The van der Waals surface area contributed by atoms with Crippen LogP contribution in [0.1, 0.15) is 16.1 Å². The van der Waals surface area contributed by atoms with Gasteiger partial charge in [0.05, 0.1) is 23.1 Å². The molecule has 7 nitrogen and oxygen atoms in total. The van der Waals surface area contributed by atoms with Crippen molar-refractivity contribution in [2.45, 2.75) is 6.61 Å². The molecule has 0 aliphatic heterocycles. The number of imidazole rings is 1. The van der Waals surface area contributed by atoms with Crippen molar-refractivity contribution in [1.82, 2.24) is 19.6 Å². The van der Waals surface area contributed by atoms with Crippen molar-refractivity contribution in [3.63, 3.8) is 0 Å². The molecule has 29 heavy (non-hydrogen) atoms. The number of amides is 1. The maximum Gasteiger partial charge on any atom is 0.255 e. The SMILES string of the molecule is O=C(Nc1cccc2cn[nH]c12)c1cccc(OCc2cn3ccccc3n2)c1. The number of aromatic nitrogens is 4. The minimum absolute atomic E-state index is 0.217. The second-order valence-corrected chi connectivity index (χ2v) is 6.61. The van der Waals surface area contributed by atoms with Crippen molar-refractivity contribution >= 4 is 28.1 Å². The first-order valence-corrected chi connectivity index (χ1v) is 9.15. The molecule has 2 aromatic carbocycles. The quantitative estimate of drug-likeness (QED) is 0.480. The van der Waals surface area contributed by atoms with E-state index in [9.17, 15) is 4.79 Å². The molecule has 0 radical (unpaired) electrons. The van der Waals surface area contributed by atoms with Crippen LogP contribution in [0.3, 0.4) is 0 Å². The van der Waals surface area contributed by atoms with E-state index in [-0.39, 0.29) is 5.91 Å². The van der Waals surface area contributed by atoms with E-state index in [0.717, 1.165) is 22.2 Å². The van der Waals surface area contributed by atoms with E-state index in [1.807, 2.05) is 59.3 Å². The Morgan fingerprint density at radius 2 is 2.03 bits per heavy atom. The van der Waals surface area contributed by atoms with Crippen LogP contribution in [0.5, 0.6) is 5.75 Å². The van der Waals surface area contributed by atoms with Crippen molar-refractivity contribution in [1.29, 1.82) is 0 Å². The van der Waals surface area contributed by atoms with Gasteiger partial charge in [-0.25, -0.2) is 4.98 Å². The monoisotopic (exact) mass is 383 g/mol. The molecule has 3 aromatic heterocycles. The van der Waals surface area contributed by atoms with Gasteiger partial charge in [-0.05, 0) is 36.4 Å². The van der Waals surface area contributed by atoms with Crippen LogP contribution in [0.25, 0.3) is 16.6 Å². The summed E-state index contributed by atoms with van der Waals surface area (Å²) in [6.45, 7) is 0.320. The molecule has 0 saturated carbocycles. The predicted molar refractivity (Wildman–Crippen MR) is 110 cm³/mol. The highest BCUT2D eigenvalue weighted by Gasteiger charge is 2.11. The highest BCUT2D eigenvalue weighted by atomic mass is 16.5. The molecular weight excluding hydrogens is 366 g/mol. The van der Waals surface area contributed by atoms with E-state index in [4.69, 9.17) is 4.74 Å². The third-order valence-electron chi connectivity index (χ3n) is 4.62. The van der Waals surface area contributed by atoms with Gasteiger partial charge in [-0.15, -0.1) is 0 Å². The molecule has 0 aliphatic carbocycles. The van der Waals surface area contributed by atoms with Crippen LogP contribution in [0.15, 0.2) is 79.3 Å². The maximum atomic E-state index is 12.7. The first-order chi connectivity index (χ1) is 14.3. The van der Waals surface area contributed by atoms with Crippen LogP contribution in [0, 0.1) is 0 Å². The van der Waals surface area contributed by atoms with Crippen molar-refractivity contribution in [3.05, 3.63) is 90.5 Å². The number of carbonyl (C=O) groups is 1. The summed E-state index contributed by atoms with van der Waals surface area (Å²) < 4.78 is 7.79. The van der Waals surface area contributed by atoms with Gasteiger partial charge >= 0.3 is 0 Å². The Kier molecular flexibility index (Phi) is 4.18. The summed E-state index contributed by atoms with van der Waals surface area (Å²) in [5.74, 6) is 0.389. The van der Waals surface area contributed by atoms with E-state index >= 15 is 0 Å². The zero-order valence-corrected chi connectivity index (χ0v) is 15.4. The first-order valence-electron chi connectivity index (χ1n) is 9.15. The standard InChI is InChI=1S/C22H17N5O2/c28-22(25-19-8-4-6-16-12-23-26-21(16)19)15-5-3-7-18(11-15)29-14-17-13-27-10-2-1-9-20(27)24-17/h1-13H,14H2,(H,23,26)(H,25,28). The van der Waals surface area contributed by atoms with Gasteiger partial charge in [-0.1, -0.05) is 24.3 Å². The third kappa shape index (κ3) is 3.41. The fourth-order valence-corrected chi connectivity index (χ4v) is 3.21. The van der Waals surface area contributed by atoms with Gasteiger partial charge in [0.2, 0.25) is 0 Å². The maximum absolute atomic E-state index is 12.7. The van der Waals surface area contributed by atoms with Gasteiger partial charge in [0.25, 0.3) is 5.91 Å². The zero-order chi connectivity index (χ0) is 19.6. The number of nitrogens with zero attached hydrogens (tertiary/aromatic N) is 3. The molecule has 3 heterocycles. The Morgan fingerprint density at radius 1 is 1.10 bits per heavy atom. The van der Waals surface area contributed by atoms with Crippen LogP contribution in [-0.4, -0.2) is 25.5 Å². The van der Waals surface area contributed by atoms with Gasteiger partial charge in [-0.3, -0.25) is 9.89 Å². The summed E-state index contributed by atoms with van der Waals surface area (Å²) in [7, 11) is 0. The molecule has 0 unspecified atom stereocenters. The minimum Gasteiger partial charge on any atom is -0.487 e. The van der Waals surface area contributed by atoms with E-state index in [1.54, 1.807) is 24.4 Å². The van der Waals surface area contributed by atoms with E-state index in [2.05, 4.69) is 20.5 Å². The number of fused-ring (bicyclic) bond motifs is 2. The summed E-state index contributed by atoms with van der Waals surface area (Å²) in [6, 6.07) is 18.6. The van der Waals surface area contributed by atoms with Crippen LogP contribution < -0.4 is 10.1 Å². The number of hydrogen-bond acceptors (Lipinski definition) is 4. The number of aromatic amines is 1. The van der Waals surface area contributed by atoms with E-state index in [0.29, 0.717) is 23.6 Å². The summed E-state index contributed by atoms with van der Waals surface area (Å²) in [5.41, 5.74) is 3.67. The number of benzene rings is 2. The van der Waals surface area contributed by atoms with E-state index < -0.39 is 0 Å². The van der Waals surface area contributed by atoms with Crippen molar-refractivity contribution in [2.24, 2.45) is 0 Å². The van der Waals surface area contributed by atoms with Crippen LogP contribution in [0.4, 0.5) is 5.69 Å². The van der Waals surface area contributed by atoms with Gasteiger partial charge in [0, 0.05) is 23.3 Å². The number of carbonyl (C=O) groups excluding carboxylic acids is 1. The average molecular weight is 383 g/mol. The van der Waals surface area contributed by atoms with Gasteiger partial charge in [-0.2, -0.15) is 5.10 Å². The number of para-hydroxylation sites is 1. The summed E-state index contributed by atoms with van der Waals surface area (Å²) >= 11 is 0. The second-order valence-electron chi connectivity index (χ2n) is 6.61. The molecule has 0 fully saturated rings. The molecule has 5 aromatic rings. The molecule has 5 rings (SSSR count). The van der Waals surface area contributed by atoms with Crippen molar-refractivity contribution < 1.29 is 9.53 Å². The highest BCUT2D eigenvalue weighted by Crippen LogP contribution is 2.22. The van der Waals surface area contributed by atoms with Gasteiger partial charge < -0.3 is 14.5 Å². The summed E-state index contributed by atoms with van der Waals surface area (Å²) in [6.07, 6.45) is 5.59. The molecular formula is C22H17N5O2. The number of nitrogens with one attached hydrogen (secondary N) is 2. The average Bonchev–Trinajstić information content (AvgIpc) is 3.39. The third-order valence-corrected chi connectivity index (χ3v) is 4.62. The molecule has 2 N–H and O–H groups in total. The lowest BCUT2D eigenvalue weighted by molar-refractivity contribution is 0.102. The normalized spacial score (nSPS) is 11.0. The molecule has 0 bridgehead atoms. The second kappa shape index (κ2) is 7.12. The zero-order valence-electron chi connectivity index (χ0n) is 15.4. The Bertz CT molecular complexity index is 1290. The molecule has 142 valence electrons. The summed E-state index contributed by atoms with van der Waals surface area (Å²) in [5, 5.41) is 10.8. The topological polar surface area (TPSA) is 84.3 Å². The fraction of sp³-hybridized carbons (Fsp3) is 0.0455. The largest absolute Gasteiger partial charge is 0.487 e. The Hall–Kier alpha value is -4.13. The number of hydrogen-bond donors (Lipinski definition) is 2. The van der Waals surface area contributed by atoms with Gasteiger partial charge in [0.1, 0.15) is 18.0 Å². The summed E-state index contributed by atoms with van der Waals surface area (Å²) in [4.78, 5) is 17.2. The lowest BCUT2D eigenvalue weighted by atomic mass is 10.2. The van der Waals surface area contributed by atoms with Crippen molar-refractivity contribution in [3.8, 4) is 5.75 Å². The van der Waals surface area contributed by atoms with E-state index in [1.165, 1.54) is 0 Å². The number of pyridine rings is 1. The molecule has 7 heteroatoms. The highest BCUT2D eigenvalue weighted by molar-refractivity contribution is 6.08. The fourth-order valence-electron chi connectivity index (χ4n) is 3.21. The minimum atomic E-state index is -0.217. The number of rotatable bonds is 5. The number of ether oxygens (including phenoxy) is 1. The lowest BCUT2D eigenvalue weighted by Crippen LogP contribution is -2.12. The molecule has 1 amide bonds. The van der Waals surface area contributed by atoms with Crippen molar-refractivity contribution in [2.75, 3.05) is 5.32 Å². The predicted octanol–water partition coefficient (Wildman–Crippen LogP) is 4.04. The molecule has 0 saturated heterocycles. The molecule has 0 atom stereocenters. The number of H-pyrrole nitrogens is 1. The van der Waals surface area contributed by atoms with Gasteiger partial charge in [0.15, 0.2) is 0 Å².